The van der Waals surface area contributed by atoms with Gasteiger partial charge in [-0.25, -0.2) is 0 Å². The van der Waals surface area contributed by atoms with Crippen LogP contribution in [0.1, 0.15) is 26.3 Å². The summed E-state index contributed by atoms with van der Waals surface area (Å²) in [6.45, 7) is 8.60. The van der Waals surface area contributed by atoms with Gasteiger partial charge in [0, 0.05) is 31.2 Å². The predicted molar refractivity (Wildman–Crippen MR) is 87.7 cm³/mol. The summed E-state index contributed by atoms with van der Waals surface area (Å²) in [5.74, 6) is 0. The predicted octanol–water partition coefficient (Wildman–Crippen LogP) is 2.76. The molecule has 0 aliphatic carbocycles. The van der Waals surface area contributed by atoms with Gasteiger partial charge < -0.3 is 10.6 Å². The minimum atomic E-state index is 0.148. The van der Waals surface area contributed by atoms with Crippen molar-refractivity contribution < 1.29 is 0 Å². The number of nitrogens with two attached hydrogens (primary N) is 1. The van der Waals surface area contributed by atoms with Crippen LogP contribution in [0.3, 0.4) is 0 Å². The monoisotopic (exact) mass is 295 g/mol. The van der Waals surface area contributed by atoms with Gasteiger partial charge in [0.15, 0.2) is 0 Å². The molecule has 112 valence electrons. The summed E-state index contributed by atoms with van der Waals surface area (Å²) in [5.41, 5.74) is 8.42. The molecule has 4 heteroatoms. The molecule has 3 unspecified atom stereocenters. The molecule has 1 aliphatic rings. The quantitative estimate of drug-likeness (QED) is 0.931. The molecule has 0 spiro atoms. The Kier molecular flexibility index (Phi) is 4.95. The van der Waals surface area contributed by atoms with Crippen LogP contribution in [0.4, 0.5) is 5.69 Å². The molecule has 1 saturated heterocycles. The summed E-state index contributed by atoms with van der Waals surface area (Å²) in [5, 5.41) is 0.840. The Morgan fingerprint density at radius 2 is 1.90 bits per heavy atom. The summed E-state index contributed by atoms with van der Waals surface area (Å²) < 4.78 is 0. The summed E-state index contributed by atoms with van der Waals surface area (Å²) in [6, 6.07) is 7.35. The zero-order valence-corrected chi connectivity index (χ0v) is 13.7. The van der Waals surface area contributed by atoms with Crippen LogP contribution in [0.5, 0.6) is 0 Å². The van der Waals surface area contributed by atoms with Gasteiger partial charge in [-0.05, 0) is 45.9 Å². The van der Waals surface area contributed by atoms with Crippen molar-refractivity contribution in [3.05, 3.63) is 28.8 Å². The number of rotatable bonds is 3. The Morgan fingerprint density at radius 1 is 1.30 bits per heavy atom. The standard InChI is InChI=1S/C16H26ClN3/c1-11(18)8-14-6-5-7-15(17)16(14)20-9-12(2)19(4)13(3)10-20/h5-7,11-13H,8-10,18H2,1-4H3. The topological polar surface area (TPSA) is 32.5 Å². The zero-order chi connectivity index (χ0) is 14.9. The van der Waals surface area contributed by atoms with Crippen LogP contribution in [0.25, 0.3) is 0 Å². The first-order valence-corrected chi connectivity index (χ1v) is 7.77. The van der Waals surface area contributed by atoms with E-state index in [1.807, 2.05) is 19.1 Å². The van der Waals surface area contributed by atoms with Gasteiger partial charge in [-0.15, -0.1) is 0 Å². The molecule has 0 amide bonds. The van der Waals surface area contributed by atoms with E-state index in [1.165, 1.54) is 11.3 Å². The third-order valence-corrected chi connectivity index (χ3v) is 4.59. The number of halogens is 1. The lowest BCUT2D eigenvalue weighted by molar-refractivity contribution is 0.170. The first-order chi connectivity index (χ1) is 9.40. The maximum atomic E-state index is 6.48. The van der Waals surface area contributed by atoms with Gasteiger partial charge in [0.1, 0.15) is 0 Å². The highest BCUT2D eigenvalue weighted by molar-refractivity contribution is 6.33. The summed E-state index contributed by atoms with van der Waals surface area (Å²) in [6.07, 6.45) is 0.866. The Labute approximate surface area is 127 Å². The van der Waals surface area contributed by atoms with E-state index >= 15 is 0 Å². The minimum absolute atomic E-state index is 0.148. The van der Waals surface area contributed by atoms with E-state index in [2.05, 4.69) is 36.8 Å². The van der Waals surface area contributed by atoms with Gasteiger partial charge in [-0.2, -0.15) is 0 Å². The van der Waals surface area contributed by atoms with E-state index in [-0.39, 0.29) is 6.04 Å². The molecule has 0 radical (unpaired) electrons. The molecule has 1 aliphatic heterocycles. The number of para-hydroxylation sites is 1. The second-order valence-electron chi connectivity index (χ2n) is 6.20. The van der Waals surface area contributed by atoms with Crippen molar-refractivity contribution in [3.8, 4) is 0 Å². The number of nitrogens with zero attached hydrogens (tertiary/aromatic N) is 2. The number of likely N-dealkylation sites (N-methyl/N-ethyl adjacent to an activating group) is 1. The van der Waals surface area contributed by atoms with Crippen molar-refractivity contribution in [2.45, 2.75) is 45.3 Å². The highest BCUT2D eigenvalue weighted by Crippen LogP contribution is 2.33. The van der Waals surface area contributed by atoms with Crippen LogP contribution in [-0.4, -0.2) is 43.2 Å². The highest BCUT2D eigenvalue weighted by atomic mass is 35.5. The van der Waals surface area contributed by atoms with Gasteiger partial charge in [0.05, 0.1) is 10.7 Å². The van der Waals surface area contributed by atoms with Crippen molar-refractivity contribution in [1.29, 1.82) is 0 Å². The Bertz CT molecular complexity index is 449. The average Bonchev–Trinajstić information content (AvgIpc) is 2.35. The lowest BCUT2D eigenvalue weighted by atomic mass is 10.0. The lowest BCUT2D eigenvalue weighted by Crippen LogP contribution is -2.55. The van der Waals surface area contributed by atoms with E-state index in [1.54, 1.807) is 0 Å². The molecule has 1 aromatic rings. The molecule has 1 aromatic carbocycles. The van der Waals surface area contributed by atoms with E-state index < -0.39 is 0 Å². The van der Waals surface area contributed by atoms with Crippen LogP contribution in [-0.2, 0) is 6.42 Å². The molecule has 2 N–H and O–H groups in total. The molecule has 0 aromatic heterocycles. The second kappa shape index (κ2) is 6.33. The van der Waals surface area contributed by atoms with Crippen LogP contribution >= 0.6 is 11.6 Å². The molecule has 3 nitrogen and oxygen atoms in total. The first kappa shape index (κ1) is 15.6. The van der Waals surface area contributed by atoms with Crippen molar-refractivity contribution in [1.82, 2.24) is 4.90 Å². The average molecular weight is 296 g/mol. The lowest BCUT2D eigenvalue weighted by Gasteiger charge is -2.44. The van der Waals surface area contributed by atoms with Gasteiger partial charge in [0.2, 0.25) is 0 Å². The Balaban J connectivity index is 2.32. The highest BCUT2D eigenvalue weighted by Gasteiger charge is 2.28. The number of benzene rings is 1. The number of hydrogen-bond acceptors (Lipinski definition) is 3. The van der Waals surface area contributed by atoms with Gasteiger partial charge in [-0.1, -0.05) is 23.7 Å². The summed E-state index contributed by atoms with van der Waals surface area (Å²) in [4.78, 5) is 4.86. The van der Waals surface area contributed by atoms with Gasteiger partial charge in [-0.3, -0.25) is 4.90 Å². The second-order valence-corrected chi connectivity index (χ2v) is 6.60. The van der Waals surface area contributed by atoms with E-state index in [4.69, 9.17) is 17.3 Å². The zero-order valence-electron chi connectivity index (χ0n) is 12.9. The SMILES string of the molecule is CC(N)Cc1cccc(Cl)c1N1CC(C)N(C)C(C)C1. The maximum Gasteiger partial charge on any atom is 0.0642 e. The Morgan fingerprint density at radius 3 is 2.45 bits per heavy atom. The fourth-order valence-electron chi connectivity index (χ4n) is 3.01. The van der Waals surface area contributed by atoms with E-state index in [0.717, 1.165) is 24.5 Å². The Hall–Kier alpha value is -0.770. The normalized spacial score (nSPS) is 25.8. The number of anilines is 1. The van der Waals surface area contributed by atoms with E-state index in [0.29, 0.717) is 12.1 Å². The molecule has 3 atom stereocenters. The third kappa shape index (κ3) is 3.27. The number of piperazine rings is 1. The van der Waals surface area contributed by atoms with Gasteiger partial charge in [0.25, 0.3) is 0 Å². The summed E-state index contributed by atoms with van der Waals surface area (Å²) in [7, 11) is 2.20. The van der Waals surface area contributed by atoms with Crippen molar-refractivity contribution in [3.63, 3.8) is 0 Å². The van der Waals surface area contributed by atoms with Crippen molar-refractivity contribution >= 4 is 17.3 Å². The van der Waals surface area contributed by atoms with Crippen molar-refractivity contribution in [2.24, 2.45) is 5.73 Å². The maximum absolute atomic E-state index is 6.48. The van der Waals surface area contributed by atoms with Crippen LogP contribution in [0.2, 0.25) is 5.02 Å². The molecule has 2 rings (SSSR count). The summed E-state index contributed by atoms with van der Waals surface area (Å²) >= 11 is 6.48. The molecule has 0 bridgehead atoms. The van der Waals surface area contributed by atoms with Crippen LogP contribution < -0.4 is 10.6 Å². The van der Waals surface area contributed by atoms with Crippen LogP contribution in [0.15, 0.2) is 18.2 Å². The minimum Gasteiger partial charge on any atom is -0.367 e. The first-order valence-electron chi connectivity index (χ1n) is 7.40. The smallest absolute Gasteiger partial charge is 0.0642 e. The third-order valence-electron chi connectivity index (χ3n) is 4.29. The van der Waals surface area contributed by atoms with Gasteiger partial charge >= 0.3 is 0 Å². The molecular formula is C16H26ClN3. The molecule has 0 saturated carbocycles. The van der Waals surface area contributed by atoms with Crippen LogP contribution in [0, 0.1) is 0 Å². The largest absolute Gasteiger partial charge is 0.367 e. The molecule has 1 heterocycles. The molecular weight excluding hydrogens is 270 g/mol. The van der Waals surface area contributed by atoms with Crippen molar-refractivity contribution in [2.75, 3.05) is 25.0 Å². The molecule has 1 fully saturated rings. The molecule has 20 heavy (non-hydrogen) atoms. The fourth-order valence-corrected chi connectivity index (χ4v) is 3.33. The number of hydrogen-bond donors (Lipinski definition) is 1. The van der Waals surface area contributed by atoms with E-state index in [9.17, 15) is 0 Å². The fraction of sp³-hybridized carbons (Fsp3) is 0.625.